The van der Waals surface area contributed by atoms with E-state index in [0.717, 1.165) is 12.8 Å². The average Bonchev–Trinajstić information content (AvgIpc) is 3.22. The number of nitrogens with one attached hydrogen (secondary N) is 1. The maximum atomic E-state index is 12.4. The Morgan fingerprint density at radius 2 is 2.10 bits per heavy atom. The Hall–Kier alpha value is -1.21. The third-order valence-corrected chi connectivity index (χ3v) is 5.17. The van der Waals surface area contributed by atoms with Crippen molar-refractivity contribution in [2.75, 3.05) is 19.8 Å². The highest BCUT2D eigenvalue weighted by Gasteiger charge is 2.45. The summed E-state index contributed by atoms with van der Waals surface area (Å²) in [6.07, 6.45) is 13.6. The maximum Gasteiger partial charge on any atom is 0.318 e. The molecule has 3 aliphatic rings. The maximum absolute atomic E-state index is 12.4. The first kappa shape index (κ1) is 13.8. The molecule has 0 aromatic rings. The van der Waals surface area contributed by atoms with Crippen molar-refractivity contribution in [1.82, 2.24) is 10.2 Å². The third-order valence-electron chi connectivity index (χ3n) is 5.17. The second-order valence-electron chi connectivity index (χ2n) is 6.55. The van der Waals surface area contributed by atoms with Crippen molar-refractivity contribution >= 4 is 6.03 Å². The van der Waals surface area contributed by atoms with Gasteiger partial charge in [0, 0.05) is 19.0 Å². The van der Waals surface area contributed by atoms with Crippen molar-refractivity contribution < 1.29 is 9.53 Å². The van der Waals surface area contributed by atoms with E-state index in [9.17, 15) is 4.79 Å². The first-order chi connectivity index (χ1) is 9.72. The van der Waals surface area contributed by atoms with Crippen LogP contribution in [0.15, 0.2) is 0 Å². The van der Waals surface area contributed by atoms with Gasteiger partial charge in [-0.25, -0.2) is 4.79 Å². The Labute approximate surface area is 121 Å². The number of amides is 2. The van der Waals surface area contributed by atoms with Crippen LogP contribution in [-0.2, 0) is 4.74 Å². The molecular formula is C16H24N2O2. The van der Waals surface area contributed by atoms with Gasteiger partial charge in [0.15, 0.2) is 0 Å². The molecule has 2 amide bonds. The van der Waals surface area contributed by atoms with Gasteiger partial charge in [-0.15, -0.1) is 12.3 Å². The van der Waals surface area contributed by atoms with E-state index in [1.165, 1.54) is 25.7 Å². The minimum atomic E-state index is 0.0344. The van der Waals surface area contributed by atoms with E-state index >= 15 is 0 Å². The molecule has 0 aromatic heterocycles. The third kappa shape index (κ3) is 2.93. The summed E-state index contributed by atoms with van der Waals surface area (Å²) in [4.78, 5) is 14.3. The molecule has 1 spiro atoms. The van der Waals surface area contributed by atoms with Crippen LogP contribution in [0.1, 0.15) is 44.9 Å². The van der Waals surface area contributed by atoms with Crippen LogP contribution in [0, 0.1) is 17.8 Å². The van der Waals surface area contributed by atoms with Crippen LogP contribution < -0.4 is 5.32 Å². The molecule has 2 saturated carbocycles. The van der Waals surface area contributed by atoms with Gasteiger partial charge >= 0.3 is 6.03 Å². The van der Waals surface area contributed by atoms with Crippen LogP contribution in [0.25, 0.3) is 0 Å². The van der Waals surface area contributed by atoms with Crippen LogP contribution in [0.3, 0.4) is 0 Å². The molecule has 0 bridgehead atoms. The van der Waals surface area contributed by atoms with E-state index in [2.05, 4.69) is 11.2 Å². The molecule has 4 heteroatoms. The summed E-state index contributed by atoms with van der Waals surface area (Å²) in [6, 6.07) is 0.431. The zero-order valence-corrected chi connectivity index (χ0v) is 12.1. The molecule has 20 heavy (non-hydrogen) atoms. The number of terminal acetylenes is 1. The molecule has 1 saturated heterocycles. The highest BCUT2D eigenvalue weighted by Crippen LogP contribution is 2.56. The van der Waals surface area contributed by atoms with E-state index in [1.54, 1.807) is 0 Å². The first-order valence-electron chi connectivity index (χ1n) is 7.81. The van der Waals surface area contributed by atoms with Gasteiger partial charge in [0.25, 0.3) is 0 Å². The summed E-state index contributed by atoms with van der Waals surface area (Å²) in [5.74, 6) is 2.64. The van der Waals surface area contributed by atoms with Gasteiger partial charge in [-0.1, -0.05) is 0 Å². The highest BCUT2D eigenvalue weighted by atomic mass is 16.5. The summed E-state index contributed by atoms with van der Waals surface area (Å²) >= 11 is 0. The predicted octanol–water partition coefficient (Wildman–Crippen LogP) is 2.14. The molecule has 0 aromatic carbocycles. The van der Waals surface area contributed by atoms with Gasteiger partial charge in [-0.3, -0.25) is 0 Å². The van der Waals surface area contributed by atoms with E-state index in [4.69, 9.17) is 11.2 Å². The Balaban J connectivity index is 1.51. The SMILES string of the molecule is C#CCC1COCCN1C(=O)NC1CCC2(CC1)CC2. The minimum absolute atomic E-state index is 0.0344. The van der Waals surface area contributed by atoms with Gasteiger partial charge in [0.1, 0.15) is 0 Å². The summed E-state index contributed by atoms with van der Waals surface area (Å²) < 4.78 is 5.42. The van der Waals surface area contributed by atoms with E-state index in [-0.39, 0.29) is 12.1 Å². The molecule has 2 aliphatic carbocycles. The zero-order valence-electron chi connectivity index (χ0n) is 12.1. The number of rotatable bonds is 2. The van der Waals surface area contributed by atoms with E-state index in [1.807, 2.05) is 4.90 Å². The molecule has 4 nitrogen and oxygen atoms in total. The minimum Gasteiger partial charge on any atom is -0.377 e. The van der Waals surface area contributed by atoms with Gasteiger partial charge in [-0.05, 0) is 43.9 Å². The number of carbonyl (C=O) groups is 1. The molecule has 1 aliphatic heterocycles. The second-order valence-corrected chi connectivity index (χ2v) is 6.55. The smallest absolute Gasteiger partial charge is 0.318 e. The van der Waals surface area contributed by atoms with Gasteiger partial charge < -0.3 is 15.0 Å². The molecule has 3 rings (SSSR count). The van der Waals surface area contributed by atoms with Gasteiger partial charge in [0.2, 0.25) is 0 Å². The Morgan fingerprint density at radius 3 is 2.75 bits per heavy atom. The van der Waals surface area contributed by atoms with Crippen molar-refractivity contribution in [1.29, 1.82) is 0 Å². The van der Waals surface area contributed by atoms with E-state index in [0.29, 0.717) is 37.6 Å². The summed E-state index contributed by atoms with van der Waals surface area (Å²) in [5, 5.41) is 3.21. The normalized spacial score (nSPS) is 28.9. The largest absolute Gasteiger partial charge is 0.377 e. The lowest BCUT2D eigenvalue weighted by Crippen LogP contribution is -2.54. The topological polar surface area (TPSA) is 41.6 Å². The standard InChI is InChI=1S/C16H24N2O2/c1-2-3-14-12-20-11-10-18(14)15(19)17-13-4-6-16(7-5-13)8-9-16/h1,13-14H,3-12H2,(H,17,19). The van der Waals surface area contributed by atoms with Crippen molar-refractivity contribution in [2.45, 2.75) is 57.0 Å². The van der Waals surface area contributed by atoms with Crippen molar-refractivity contribution in [2.24, 2.45) is 5.41 Å². The number of urea groups is 1. The molecule has 110 valence electrons. The van der Waals surface area contributed by atoms with Crippen LogP contribution in [0.2, 0.25) is 0 Å². The summed E-state index contributed by atoms with van der Waals surface area (Å²) in [7, 11) is 0. The fourth-order valence-corrected chi connectivity index (χ4v) is 3.54. The number of nitrogens with zero attached hydrogens (tertiary/aromatic N) is 1. The first-order valence-corrected chi connectivity index (χ1v) is 7.81. The lowest BCUT2D eigenvalue weighted by atomic mass is 9.83. The molecule has 3 fully saturated rings. The van der Waals surface area contributed by atoms with Crippen molar-refractivity contribution in [3.8, 4) is 12.3 Å². The molecule has 1 heterocycles. The number of hydrogen-bond acceptors (Lipinski definition) is 2. The fourth-order valence-electron chi connectivity index (χ4n) is 3.54. The van der Waals surface area contributed by atoms with Gasteiger partial charge in [0.05, 0.1) is 19.3 Å². The molecule has 1 N–H and O–H groups in total. The zero-order chi connectivity index (χ0) is 14.0. The average molecular weight is 276 g/mol. The molecule has 1 unspecified atom stereocenters. The van der Waals surface area contributed by atoms with Gasteiger partial charge in [-0.2, -0.15) is 0 Å². The Morgan fingerprint density at radius 1 is 1.35 bits per heavy atom. The monoisotopic (exact) mass is 276 g/mol. The Kier molecular flexibility index (Phi) is 3.89. The number of carbonyl (C=O) groups excluding carboxylic acids is 1. The van der Waals surface area contributed by atoms with Crippen LogP contribution in [0.5, 0.6) is 0 Å². The van der Waals surface area contributed by atoms with Crippen LogP contribution >= 0.6 is 0 Å². The quantitative estimate of drug-likeness (QED) is 0.785. The number of ether oxygens (including phenoxy) is 1. The molecule has 1 atom stereocenters. The van der Waals surface area contributed by atoms with Crippen molar-refractivity contribution in [3.63, 3.8) is 0 Å². The highest BCUT2D eigenvalue weighted by molar-refractivity contribution is 5.75. The summed E-state index contributed by atoms with van der Waals surface area (Å²) in [5.41, 5.74) is 0.673. The molecule has 0 radical (unpaired) electrons. The summed E-state index contributed by atoms with van der Waals surface area (Å²) in [6.45, 7) is 1.82. The number of hydrogen-bond donors (Lipinski definition) is 1. The molecular weight excluding hydrogens is 252 g/mol. The second kappa shape index (κ2) is 5.65. The predicted molar refractivity (Wildman–Crippen MR) is 77.2 cm³/mol. The lowest BCUT2D eigenvalue weighted by molar-refractivity contribution is 0.0133. The lowest BCUT2D eigenvalue weighted by Gasteiger charge is -2.37. The number of morpholine rings is 1. The van der Waals surface area contributed by atoms with Crippen LogP contribution in [-0.4, -0.2) is 42.8 Å². The van der Waals surface area contributed by atoms with Crippen molar-refractivity contribution in [3.05, 3.63) is 0 Å². The fraction of sp³-hybridized carbons (Fsp3) is 0.812. The van der Waals surface area contributed by atoms with Crippen LogP contribution in [0.4, 0.5) is 4.79 Å². The Bertz CT molecular complexity index is 401. The van der Waals surface area contributed by atoms with E-state index < -0.39 is 0 Å².